The molecule has 1 saturated heterocycles. The molecule has 2 heterocycles. The van der Waals surface area contributed by atoms with Gasteiger partial charge in [-0.1, -0.05) is 60.7 Å². The Hall–Kier alpha value is -3.10. The summed E-state index contributed by atoms with van der Waals surface area (Å²) in [7, 11) is 0. The maximum atomic E-state index is 13.5. The second kappa shape index (κ2) is 9.27. The Kier molecular flexibility index (Phi) is 6.55. The number of nitrogens with zero attached hydrogens (tertiary/aromatic N) is 1. The minimum Gasteiger partial charge on any atom is -0.459 e. The van der Waals surface area contributed by atoms with Gasteiger partial charge in [-0.05, 0) is 44.4 Å². The number of thioether (sulfide) groups is 1. The molecule has 2 aromatic carbocycles. The molecular weight excluding hydrogens is 452 g/mol. The lowest BCUT2D eigenvalue weighted by atomic mass is 9.95. The first-order valence-corrected chi connectivity index (χ1v) is 12.0. The number of rotatable bonds is 5. The molecule has 2 aliphatic rings. The van der Waals surface area contributed by atoms with E-state index in [0.717, 1.165) is 11.1 Å². The van der Waals surface area contributed by atoms with Gasteiger partial charge in [0.05, 0.1) is 5.37 Å². The summed E-state index contributed by atoms with van der Waals surface area (Å²) in [4.78, 5) is 40.5. The molecule has 7 nitrogen and oxygen atoms in total. The Bertz CT molecular complexity index is 1090. The van der Waals surface area contributed by atoms with E-state index in [-0.39, 0.29) is 5.70 Å². The Morgan fingerprint density at radius 3 is 2.03 bits per heavy atom. The van der Waals surface area contributed by atoms with Crippen LogP contribution in [0.4, 0.5) is 0 Å². The first-order valence-electron chi connectivity index (χ1n) is 11.1. The van der Waals surface area contributed by atoms with Crippen LogP contribution in [0.5, 0.6) is 0 Å². The van der Waals surface area contributed by atoms with E-state index in [1.54, 1.807) is 27.7 Å². The summed E-state index contributed by atoms with van der Waals surface area (Å²) in [6.45, 7) is 6.93. The average molecular weight is 481 g/mol. The summed E-state index contributed by atoms with van der Waals surface area (Å²) in [5, 5.41) is -1.18. The lowest BCUT2D eigenvalue weighted by Gasteiger charge is -2.50. The molecular formula is C26H28N2O5S. The molecule has 0 aromatic heterocycles. The summed E-state index contributed by atoms with van der Waals surface area (Å²) in [5.41, 5.74) is 7.78. The van der Waals surface area contributed by atoms with Crippen molar-refractivity contribution in [3.63, 3.8) is 0 Å². The molecule has 0 radical (unpaired) electrons. The summed E-state index contributed by atoms with van der Waals surface area (Å²) >= 11 is 1.26. The Morgan fingerprint density at radius 1 is 1.00 bits per heavy atom. The van der Waals surface area contributed by atoms with E-state index in [9.17, 15) is 14.4 Å². The minimum absolute atomic E-state index is 0.0953. The molecule has 3 unspecified atom stereocenters. The van der Waals surface area contributed by atoms with Gasteiger partial charge < -0.3 is 15.2 Å². The molecule has 8 heteroatoms. The molecule has 2 N–H and O–H groups in total. The van der Waals surface area contributed by atoms with Crippen LogP contribution in [0.2, 0.25) is 0 Å². The van der Waals surface area contributed by atoms with Crippen LogP contribution in [0.15, 0.2) is 71.9 Å². The van der Waals surface area contributed by atoms with Crippen molar-refractivity contribution in [3.8, 4) is 0 Å². The number of carbonyl (C=O) groups is 3. The van der Waals surface area contributed by atoms with E-state index in [4.69, 9.17) is 15.2 Å². The molecule has 0 aliphatic carbocycles. The van der Waals surface area contributed by atoms with Crippen LogP contribution in [0.1, 0.15) is 44.9 Å². The quantitative estimate of drug-likeness (QED) is 0.395. The molecule has 2 aliphatic heterocycles. The maximum absolute atomic E-state index is 13.5. The van der Waals surface area contributed by atoms with Crippen LogP contribution in [-0.4, -0.2) is 39.1 Å². The van der Waals surface area contributed by atoms with Crippen LogP contribution in [0, 0.1) is 5.92 Å². The molecule has 0 saturated carbocycles. The maximum Gasteiger partial charge on any atom is 0.356 e. The zero-order valence-corrected chi connectivity index (χ0v) is 20.4. The molecule has 0 spiro atoms. The van der Waals surface area contributed by atoms with E-state index < -0.39 is 46.2 Å². The van der Waals surface area contributed by atoms with Crippen LogP contribution in [-0.2, 0) is 23.9 Å². The number of carbonyl (C=O) groups excluding carboxylic acids is 3. The van der Waals surface area contributed by atoms with Gasteiger partial charge in [-0.25, -0.2) is 4.79 Å². The summed E-state index contributed by atoms with van der Waals surface area (Å²) in [6, 6.07) is 18.8. The number of hydrogen-bond acceptors (Lipinski definition) is 7. The lowest BCUT2D eigenvalue weighted by Crippen LogP contribution is -2.65. The van der Waals surface area contributed by atoms with Crippen LogP contribution >= 0.6 is 11.8 Å². The van der Waals surface area contributed by atoms with Crippen molar-refractivity contribution in [3.05, 3.63) is 83.1 Å². The van der Waals surface area contributed by atoms with Gasteiger partial charge >= 0.3 is 11.9 Å². The van der Waals surface area contributed by atoms with Crippen molar-refractivity contribution in [2.45, 2.75) is 50.1 Å². The largest absolute Gasteiger partial charge is 0.459 e. The number of fused-ring (bicyclic) bond motifs is 1. The first-order chi connectivity index (χ1) is 16.1. The average Bonchev–Trinajstić information content (AvgIpc) is 2.79. The van der Waals surface area contributed by atoms with Gasteiger partial charge in [0.2, 0.25) is 5.91 Å². The SMILES string of the molecule is CC1=C(C(=O)OC(c2ccccc2)c2ccccc2)N2C(=O)C(C(=O)OC(C)(C)C)C2SC1N. The third-order valence-corrected chi connectivity index (χ3v) is 7.06. The Morgan fingerprint density at radius 2 is 1.53 bits per heavy atom. The lowest BCUT2D eigenvalue weighted by molar-refractivity contribution is -0.175. The van der Waals surface area contributed by atoms with Crippen molar-refractivity contribution < 1.29 is 23.9 Å². The van der Waals surface area contributed by atoms with Crippen LogP contribution < -0.4 is 5.73 Å². The number of β-lactam (4-membered cyclic amide) rings is 1. The number of esters is 2. The van der Waals surface area contributed by atoms with Gasteiger partial charge in [0, 0.05) is 0 Å². The fraction of sp³-hybridized carbons (Fsp3) is 0.346. The number of nitrogens with two attached hydrogens (primary N) is 1. The standard InChI is InChI=1S/C26H28N2O5S/c1-15-19(28-22(29)18(23(28)34-21(15)27)24(30)33-26(2,3)4)25(31)32-20(16-11-7-5-8-12-16)17-13-9-6-10-14-17/h5-14,18,20-21,23H,27H2,1-4H3. The highest BCUT2D eigenvalue weighted by Crippen LogP contribution is 2.47. The number of hydrogen-bond donors (Lipinski definition) is 1. The van der Waals surface area contributed by atoms with Crippen molar-refractivity contribution in [2.24, 2.45) is 11.7 Å². The molecule has 1 fully saturated rings. The Balaban J connectivity index is 1.62. The van der Waals surface area contributed by atoms with Crippen molar-refractivity contribution in [1.82, 2.24) is 4.90 Å². The number of amides is 1. The van der Waals surface area contributed by atoms with Crippen LogP contribution in [0.25, 0.3) is 0 Å². The molecule has 4 rings (SSSR count). The number of benzene rings is 2. The van der Waals surface area contributed by atoms with Crippen molar-refractivity contribution in [2.75, 3.05) is 0 Å². The molecule has 1 amide bonds. The monoisotopic (exact) mass is 480 g/mol. The van der Waals surface area contributed by atoms with E-state index in [2.05, 4.69) is 0 Å². The first kappa shape index (κ1) is 24.0. The van der Waals surface area contributed by atoms with Gasteiger partial charge in [0.25, 0.3) is 0 Å². The molecule has 0 bridgehead atoms. The highest BCUT2D eigenvalue weighted by molar-refractivity contribution is 8.00. The normalized spacial score (nSPS) is 22.2. The van der Waals surface area contributed by atoms with Gasteiger partial charge in [0.15, 0.2) is 12.0 Å². The summed E-state index contributed by atoms with van der Waals surface area (Å²) in [6.07, 6.45) is -0.669. The van der Waals surface area contributed by atoms with Crippen molar-refractivity contribution >= 4 is 29.6 Å². The van der Waals surface area contributed by atoms with E-state index in [1.807, 2.05) is 60.7 Å². The van der Waals surface area contributed by atoms with Gasteiger partial charge in [-0.15, -0.1) is 11.8 Å². The van der Waals surface area contributed by atoms with E-state index in [0.29, 0.717) is 5.57 Å². The highest BCUT2D eigenvalue weighted by Gasteiger charge is 2.59. The topological polar surface area (TPSA) is 98.9 Å². The van der Waals surface area contributed by atoms with Gasteiger partial charge in [0.1, 0.15) is 16.7 Å². The third-order valence-electron chi connectivity index (χ3n) is 5.65. The van der Waals surface area contributed by atoms with E-state index >= 15 is 0 Å². The minimum atomic E-state index is -1.01. The molecule has 2 aromatic rings. The Labute approximate surface area is 203 Å². The van der Waals surface area contributed by atoms with Gasteiger partial charge in [-0.3, -0.25) is 14.5 Å². The zero-order valence-electron chi connectivity index (χ0n) is 19.6. The molecule has 178 valence electrons. The number of ether oxygens (including phenoxy) is 2. The summed E-state index contributed by atoms with van der Waals surface area (Å²) < 4.78 is 11.4. The predicted octanol–water partition coefficient (Wildman–Crippen LogP) is 3.75. The fourth-order valence-electron chi connectivity index (χ4n) is 4.01. The predicted molar refractivity (Wildman–Crippen MR) is 129 cm³/mol. The molecule has 34 heavy (non-hydrogen) atoms. The fourth-order valence-corrected chi connectivity index (χ4v) is 5.34. The summed E-state index contributed by atoms with van der Waals surface area (Å²) in [5.74, 6) is -2.77. The third kappa shape index (κ3) is 4.60. The second-order valence-corrected chi connectivity index (χ2v) is 10.6. The smallest absolute Gasteiger partial charge is 0.356 e. The van der Waals surface area contributed by atoms with E-state index in [1.165, 1.54) is 16.7 Å². The second-order valence-electron chi connectivity index (χ2n) is 9.30. The zero-order chi connectivity index (χ0) is 24.6. The molecule has 3 atom stereocenters. The highest BCUT2D eigenvalue weighted by atomic mass is 32.2. The van der Waals surface area contributed by atoms with Gasteiger partial charge in [-0.2, -0.15) is 0 Å². The van der Waals surface area contributed by atoms with Crippen LogP contribution in [0.3, 0.4) is 0 Å². The van der Waals surface area contributed by atoms with Crippen molar-refractivity contribution in [1.29, 1.82) is 0 Å².